The van der Waals surface area contributed by atoms with Gasteiger partial charge in [-0.1, -0.05) is 12.7 Å². The maximum Gasteiger partial charge on any atom is 0.184 e. The molecular weight excluding hydrogens is 276 g/mol. The molecule has 112 valence electrons. The standard InChI is InChI=1S/C13H16N4O4/c1-3-6-4-7(17-8(6)11(14)15-5-16-17)10-13(2,20)9(18)12(19)21-10/h3-5,9-10,12,18-20H,1H2,2H3,(H2,14,15,16)/t9-,10+,12?,13-/m1/s1. The summed E-state index contributed by atoms with van der Waals surface area (Å²) < 4.78 is 6.74. The van der Waals surface area contributed by atoms with Crippen molar-refractivity contribution in [1.29, 1.82) is 0 Å². The molecule has 21 heavy (non-hydrogen) atoms. The number of aliphatic hydroxyl groups excluding tert-OH is 2. The van der Waals surface area contributed by atoms with E-state index in [1.54, 1.807) is 12.1 Å². The fourth-order valence-electron chi connectivity index (χ4n) is 2.63. The molecule has 1 unspecified atom stereocenters. The number of hydrogen-bond donors (Lipinski definition) is 4. The van der Waals surface area contributed by atoms with Gasteiger partial charge >= 0.3 is 0 Å². The summed E-state index contributed by atoms with van der Waals surface area (Å²) in [5.74, 6) is 0.255. The number of ether oxygens (including phenoxy) is 1. The number of hydrogen-bond acceptors (Lipinski definition) is 7. The van der Waals surface area contributed by atoms with Crippen molar-refractivity contribution in [2.75, 3.05) is 5.73 Å². The second kappa shape index (κ2) is 4.50. The van der Waals surface area contributed by atoms with E-state index >= 15 is 0 Å². The zero-order valence-corrected chi connectivity index (χ0v) is 11.3. The molecule has 5 N–H and O–H groups in total. The second-order valence-electron chi connectivity index (χ2n) is 5.21. The van der Waals surface area contributed by atoms with Gasteiger partial charge in [-0.25, -0.2) is 9.50 Å². The van der Waals surface area contributed by atoms with Crippen LogP contribution in [0, 0.1) is 0 Å². The maximum absolute atomic E-state index is 10.4. The molecule has 3 rings (SSSR count). The Morgan fingerprint density at radius 1 is 1.52 bits per heavy atom. The molecular formula is C13H16N4O4. The molecule has 0 bridgehead atoms. The van der Waals surface area contributed by atoms with Crippen LogP contribution < -0.4 is 5.73 Å². The highest BCUT2D eigenvalue weighted by Gasteiger charge is 2.53. The molecule has 1 aliphatic heterocycles. The number of aliphatic hydroxyl groups is 3. The topological polar surface area (TPSA) is 126 Å². The lowest BCUT2D eigenvalue weighted by atomic mass is 9.93. The third-order valence-corrected chi connectivity index (χ3v) is 3.80. The van der Waals surface area contributed by atoms with E-state index < -0.39 is 24.1 Å². The van der Waals surface area contributed by atoms with E-state index in [4.69, 9.17) is 10.5 Å². The highest BCUT2D eigenvalue weighted by Crippen LogP contribution is 2.42. The Bertz CT molecular complexity index is 712. The molecule has 1 saturated heterocycles. The van der Waals surface area contributed by atoms with E-state index in [1.807, 2.05) is 0 Å². The summed E-state index contributed by atoms with van der Waals surface area (Å²) in [7, 11) is 0. The van der Waals surface area contributed by atoms with Gasteiger partial charge in [0.1, 0.15) is 29.7 Å². The van der Waals surface area contributed by atoms with Crippen LogP contribution in [0.2, 0.25) is 0 Å². The van der Waals surface area contributed by atoms with Gasteiger partial charge in [0.15, 0.2) is 12.1 Å². The van der Waals surface area contributed by atoms with Crippen molar-refractivity contribution in [1.82, 2.24) is 14.6 Å². The summed E-state index contributed by atoms with van der Waals surface area (Å²) in [5.41, 5.74) is 5.80. The molecule has 2 aromatic heterocycles. The third-order valence-electron chi connectivity index (χ3n) is 3.80. The third kappa shape index (κ3) is 1.84. The van der Waals surface area contributed by atoms with Gasteiger partial charge in [0.25, 0.3) is 0 Å². The van der Waals surface area contributed by atoms with Crippen LogP contribution >= 0.6 is 0 Å². The molecule has 0 aromatic carbocycles. The van der Waals surface area contributed by atoms with Gasteiger partial charge in [-0.3, -0.25) is 0 Å². The molecule has 0 aliphatic carbocycles. The molecule has 8 nitrogen and oxygen atoms in total. The summed E-state index contributed by atoms with van der Waals surface area (Å²) in [6.45, 7) is 5.09. The molecule has 0 amide bonds. The Hall–Kier alpha value is -2.00. The van der Waals surface area contributed by atoms with E-state index in [0.717, 1.165) is 0 Å². The lowest BCUT2D eigenvalue weighted by Gasteiger charge is -2.25. The van der Waals surface area contributed by atoms with Crippen LogP contribution in [0.5, 0.6) is 0 Å². The summed E-state index contributed by atoms with van der Waals surface area (Å²) >= 11 is 0. The highest BCUT2D eigenvalue weighted by molar-refractivity contribution is 5.79. The van der Waals surface area contributed by atoms with Crippen molar-refractivity contribution in [2.24, 2.45) is 0 Å². The number of nitrogen functional groups attached to an aromatic ring is 1. The van der Waals surface area contributed by atoms with Crippen LogP contribution in [0.4, 0.5) is 5.82 Å². The predicted octanol–water partition coefficient (Wildman–Crippen LogP) is -0.544. The van der Waals surface area contributed by atoms with Crippen molar-refractivity contribution < 1.29 is 20.1 Å². The summed E-state index contributed by atoms with van der Waals surface area (Å²) in [5, 5.41) is 34.0. The van der Waals surface area contributed by atoms with Crippen molar-refractivity contribution >= 4 is 17.4 Å². The van der Waals surface area contributed by atoms with Crippen LogP contribution in [0.3, 0.4) is 0 Å². The van der Waals surface area contributed by atoms with E-state index in [9.17, 15) is 15.3 Å². The first-order chi connectivity index (χ1) is 9.87. The van der Waals surface area contributed by atoms with Gasteiger partial charge in [0.05, 0.1) is 5.69 Å². The molecule has 2 aromatic rings. The van der Waals surface area contributed by atoms with Crippen LogP contribution in [0.15, 0.2) is 19.0 Å². The van der Waals surface area contributed by atoms with E-state index in [2.05, 4.69) is 16.7 Å². The zero-order valence-electron chi connectivity index (χ0n) is 11.3. The molecule has 3 heterocycles. The van der Waals surface area contributed by atoms with Crippen LogP contribution in [-0.2, 0) is 4.74 Å². The fraction of sp³-hybridized carbons (Fsp3) is 0.385. The first-order valence-electron chi connectivity index (χ1n) is 6.36. The summed E-state index contributed by atoms with van der Waals surface area (Å²) in [6, 6.07) is 1.68. The van der Waals surface area contributed by atoms with E-state index in [-0.39, 0.29) is 5.82 Å². The van der Waals surface area contributed by atoms with Crippen LogP contribution in [0.1, 0.15) is 24.3 Å². The molecule has 4 atom stereocenters. The van der Waals surface area contributed by atoms with Gasteiger partial charge in [-0.2, -0.15) is 5.10 Å². The second-order valence-corrected chi connectivity index (χ2v) is 5.21. The van der Waals surface area contributed by atoms with Gasteiger partial charge in [-0.15, -0.1) is 0 Å². The van der Waals surface area contributed by atoms with Crippen molar-refractivity contribution in [2.45, 2.75) is 31.0 Å². The van der Waals surface area contributed by atoms with Gasteiger partial charge in [-0.05, 0) is 13.0 Å². The minimum atomic E-state index is -1.67. The average molecular weight is 292 g/mol. The summed E-state index contributed by atoms with van der Waals surface area (Å²) in [6.07, 6.45) is -1.04. The minimum Gasteiger partial charge on any atom is -0.385 e. The first-order valence-corrected chi connectivity index (χ1v) is 6.36. The number of anilines is 1. The monoisotopic (exact) mass is 292 g/mol. The first kappa shape index (κ1) is 14.0. The van der Waals surface area contributed by atoms with Gasteiger partial charge in [0, 0.05) is 5.56 Å². The Kier molecular flexibility index (Phi) is 2.99. The number of nitrogens with zero attached hydrogens (tertiary/aromatic N) is 3. The lowest BCUT2D eigenvalue weighted by Crippen LogP contribution is -2.42. The van der Waals surface area contributed by atoms with Crippen LogP contribution in [-0.4, -0.2) is 47.9 Å². The van der Waals surface area contributed by atoms with Crippen LogP contribution in [0.25, 0.3) is 11.6 Å². The number of fused-ring (bicyclic) bond motifs is 1. The molecule has 1 fully saturated rings. The van der Waals surface area contributed by atoms with Crippen molar-refractivity contribution in [3.63, 3.8) is 0 Å². The molecule has 1 aliphatic rings. The van der Waals surface area contributed by atoms with E-state index in [1.165, 1.54) is 17.8 Å². The predicted molar refractivity (Wildman–Crippen MR) is 74.0 cm³/mol. The summed E-state index contributed by atoms with van der Waals surface area (Å²) in [4.78, 5) is 3.92. The molecule has 8 heteroatoms. The maximum atomic E-state index is 10.4. The number of nitrogens with two attached hydrogens (primary N) is 1. The largest absolute Gasteiger partial charge is 0.385 e. The fourth-order valence-corrected chi connectivity index (χ4v) is 2.63. The minimum absolute atomic E-state index is 0.255. The Balaban J connectivity index is 2.23. The highest BCUT2D eigenvalue weighted by atomic mass is 16.6. The SMILES string of the molecule is C=Cc1cc([C@@H]2OC(O)[C@@H](O)[C@@]2(C)O)n2ncnc(N)c12. The van der Waals surface area contributed by atoms with Crippen molar-refractivity contribution in [3.8, 4) is 0 Å². The Morgan fingerprint density at radius 2 is 2.24 bits per heavy atom. The number of rotatable bonds is 2. The normalized spacial score (nSPS) is 32.7. The smallest absolute Gasteiger partial charge is 0.184 e. The molecule has 0 radical (unpaired) electrons. The van der Waals surface area contributed by atoms with E-state index in [0.29, 0.717) is 16.8 Å². The Morgan fingerprint density at radius 3 is 2.81 bits per heavy atom. The van der Waals surface area contributed by atoms with Gasteiger partial charge < -0.3 is 25.8 Å². The van der Waals surface area contributed by atoms with Crippen molar-refractivity contribution in [3.05, 3.63) is 30.2 Å². The molecule has 0 spiro atoms. The average Bonchev–Trinajstić information content (AvgIpc) is 2.91. The molecule has 0 saturated carbocycles. The quantitative estimate of drug-likeness (QED) is 0.585. The Labute approximate surface area is 120 Å². The lowest BCUT2D eigenvalue weighted by molar-refractivity contribution is -0.129. The van der Waals surface area contributed by atoms with Gasteiger partial charge in [0.2, 0.25) is 0 Å². The number of aromatic nitrogens is 3. The zero-order chi connectivity index (χ0) is 15.4.